The monoisotopic (exact) mass is 352 g/mol. The number of nitrogens with zero attached hydrogens (tertiary/aromatic N) is 1. The number of carbonyl (C=O) groups excluding carboxylic acids is 2. The average Bonchev–Trinajstić information content (AvgIpc) is 2.61. The third-order valence-electron chi connectivity index (χ3n) is 3.57. The maximum absolute atomic E-state index is 12.3. The first-order valence-electron chi connectivity index (χ1n) is 8.00. The van der Waals surface area contributed by atoms with E-state index in [0.717, 1.165) is 0 Å². The van der Waals surface area contributed by atoms with Crippen molar-refractivity contribution in [3.63, 3.8) is 0 Å². The molecule has 132 valence electrons. The fourth-order valence-electron chi connectivity index (χ4n) is 2.46. The number of hydrogen-bond acceptors (Lipinski definition) is 6. The molecule has 7 nitrogen and oxygen atoms in total. The highest BCUT2D eigenvalue weighted by Crippen LogP contribution is 2.23. The van der Waals surface area contributed by atoms with Crippen molar-refractivity contribution >= 4 is 22.8 Å². The maximum atomic E-state index is 12.3. The molecule has 0 fully saturated rings. The first-order valence-corrected chi connectivity index (χ1v) is 8.00. The number of nitrogens with one attached hydrogen (secondary N) is 1. The van der Waals surface area contributed by atoms with E-state index in [-0.39, 0.29) is 17.2 Å². The van der Waals surface area contributed by atoms with E-state index < -0.39 is 11.6 Å². The van der Waals surface area contributed by atoms with Gasteiger partial charge in [-0.25, -0.2) is 9.78 Å². The summed E-state index contributed by atoms with van der Waals surface area (Å²) in [6.45, 7) is 3.60. The Kier molecular flexibility index (Phi) is 4.79. The number of amides is 1. The van der Waals surface area contributed by atoms with E-state index in [1.807, 2.05) is 6.92 Å². The minimum Gasteiger partial charge on any atom is -0.427 e. The van der Waals surface area contributed by atoms with Crippen LogP contribution < -0.4 is 15.7 Å². The Balaban J connectivity index is 2.04. The summed E-state index contributed by atoms with van der Waals surface area (Å²) < 4.78 is 10.3. The highest BCUT2D eigenvalue weighted by atomic mass is 16.5. The second kappa shape index (κ2) is 7.18. The molecule has 1 N–H and O–H groups in total. The van der Waals surface area contributed by atoms with E-state index in [0.29, 0.717) is 28.9 Å². The molecule has 0 saturated carbocycles. The van der Waals surface area contributed by atoms with Gasteiger partial charge in [-0.05, 0) is 43.3 Å². The molecule has 0 unspecified atom stereocenters. The summed E-state index contributed by atoms with van der Waals surface area (Å²) in [6, 6.07) is 11.2. The number of benzene rings is 2. The third-order valence-corrected chi connectivity index (χ3v) is 3.57. The van der Waals surface area contributed by atoms with Crippen LogP contribution in [0.4, 0.5) is 0 Å². The van der Waals surface area contributed by atoms with Gasteiger partial charge < -0.3 is 14.5 Å². The summed E-state index contributed by atoms with van der Waals surface area (Å²) in [7, 11) is 0. The minimum atomic E-state index is -0.603. The van der Waals surface area contributed by atoms with Crippen LogP contribution >= 0.6 is 0 Å². The summed E-state index contributed by atoms with van der Waals surface area (Å²) in [5.41, 5.74) is 0.657. The van der Waals surface area contributed by atoms with E-state index in [9.17, 15) is 14.4 Å². The lowest BCUT2D eigenvalue weighted by Gasteiger charge is -2.06. The number of carbonyl (C=O) groups is 2. The lowest BCUT2D eigenvalue weighted by molar-refractivity contribution is -0.131. The van der Waals surface area contributed by atoms with Crippen LogP contribution in [0.15, 0.2) is 51.7 Å². The van der Waals surface area contributed by atoms with E-state index in [4.69, 9.17) is 9.15 Å². The summed E-state index contributed by atoms with van der Waals surface area (Å²) >= 11 is 0. The van der Waals surface area contributed by atoms with Gasteiger partial charge in [0.25, 0.3) is 5.91 Å². The second-order valence-corrected chi connectivity index (χ2v) is 5.52. The van der Waals surface area contributed by atoms with E-state index in [1.54, 1.807) is 36.4 Å². The van der Waals surface area contributed by atoms with Gasteiger partial charge in [0.2, 0.25) is 5.89 Å². The molecule has 3 aromatic rings. The third kappa shape index (κ3) is 3.61. The van der Waals surface area contributed by atoms with Crippen LogP contribution in [0.3, 0.4) is 0 Å². The smallest absolute Gasteiger partial charge is 0.347 e. The largest absolute Gasteiger partial charge is 0.427 e. The van der Waals surface area contributed by atoms with Crippen molar-refractivity contribution in [3.8, 4) is 17.2 Å². The van der Waals surface area contributed by atoms with Gasteiger partial charge in [-0.1, -0.05) is 6.07 Å². The molecular formula is C19H16N2O5. The highest BCUT2D eigenvalue weighted by Gasteiger charge is 2.12. The average molecular weight is 352 g/mol. The van der Waals surface area contributed by atoms with Crippen LogP contribution in [0.5, 0.6) is 5.75 Å². The fraction of sp³-hybridized carbons (Fsp3) is 0.158. The number of hydrogen-bond donors (Lipinski definition) is 1. The van der Waals surface area contributed by atoms with Crippen molar-refractivity contribution in [1.29, 1.82) is 0 Å². The molecule has 0 aliphatic heterocycles. The summed E-state index contributed by atoms with van der Waals surface area (Å²) in [4.78, 5) is 39.7. The van der Waals surface area contributed by atoms with Crippen molar-refractivity contribution in [2.24, 2.45) is 0 Å². The van der Waals surface area contributed by atoms with E-state index in [1.165, 1.54) is 13.0 Å². The minimum absolute atomic E-state index is 0.0993. The fourth-order valence-corrected chi connectivity index (χ4v) is 2.46. The lowest BCUT2D eigenvalue weighted by atomic mass is 10.1. The molecule has 2 aromatic carbocycles. The Morgan fingerprint density at radius 3 is 2.73 bits per heavy atom. The molecule has 0 saturated heterocycles. The molecule has 1 amide bonds. The Hall–Kier alpha value is -3.48. The molecule has 1 heterocycles. The standard InChI is InChI=1S/C19H16N2O5/c1-3-20-17(23)12-7-8-16-15(10-12)19(24)26-18(21-16)13-5-4-6-14(9-13)25-11(2)22/h4-10H,3H2,1-2H3,(H,20,23). The van der Waals surface area contributed by atoms with Gasteiger partial charge in [-0.15, -0.1) is 0 Å². The Bertz CT molecular complexity index is 1060. The molecule has 0 radical (unpaired) electrons. The van der Waals surface area contributed by atoms with Crippen LogP contribution in [0, 0.1) is 0 Å². The SMILES string of the molecule is CCNC(=O)c1ccc2nc(-c3cccc(OC(C)=O)c3)oc(=O)c2c1. The Morgan fingerprint density at radius 2 is 2.00 bits per heavy atom. The van der Waals surface area contributed by atoms with Crippen LogP contribution in [0.25, 0.3) is 22.4 Å². The van der Waals surface area contributed by atoms with Crippen LogP contribution in [0.2, 0.25) is 0 Å². The molecule has 0 bridgehead atoms. The number of aromatic nitrogens is 1. The molecule has 3 rings (SSSR count). The number of fused-ring (bicyclic) bond motifs is 1. The van der Waals surface area contributed by atoms with Gasteiger partial charge in [-0.2, -0.15) is 0 Å². The van der Waals surface area contributed by atoms with Gasteiger partial charge >= 0.3 is 11.6 Å². The zero-order valence-corrected chi connectivity index (χ0v) is 14.2. The van der Waals surface area contributed by atoms with Crippen molar-refractivity contribution in [2.45, 2.75) is 13.8 Å². The zero-order valence-electron chi connectivity index (χ0n) is 14.2. The van der Waals surface area contributed by atoms with E-state index in [2.05, 4.69) is 10.3 Å². The van der Waals surface area contributed by atoms with E-state index >= 15 is 0 Å². The first-order chi connectivity index (χ1) is 12.5. The predicted molar refractivity (Wildman–Crippen MR) is 95.0 cm³/mol. The van der Waals surface area contributed by atoms with Gasteiger partial charge in [0, 0.05) is 24.6 Å². The topological polar surface area (TPSA) is 98.5 Å². The summed E-state index contributed by atoms with van der Waals surface area (Å²) in [5, 5.41) is 2.89. The van der Waals surface area contributed by atoms with Crippen LogP contribution in [0.1, 0.15) is 24.2 Å². The number of esters is 1. The van der Waals surface area contributed by atoms with Gasteiger partial charge in [-0.3, -0.25) is 9.59 Å². The van der Waals surface area contributed by atoms with Crippen LogP contribution in [-0.4, -0.2) is 23.4 Å². The number of ether oxygens (including phenoxy) is 1. The first kappa shape index (κ1) is 17.3. The predicted octanol–water partition coefficient (Wildman–Crippen LogP) is 2.53. The van der Waals surface area contributed by atoms with Crippen LogP contribution in [-0.2, 0) is 4.79 Å². The number of rotatable bonds is 4. The molecule has 26 heavy (non-hydrogen) atoms. The molecule has 0 atom stereocenters. The Labute approximate surface area is 148 Å². The maximum Gasteiger partial charge on any atom is 0.347 e. The molecule has 0 spiro atoms. The molecule has 7 heteroatoms. The normalized spacial score (nSPS) is 10.5. The highest BCUT2D eigenvalue weighted by molar-refractivity contribution is 5.97. The Morgan fingerprint density at radius 1 is 1.19 bits per heavy atom. The quantitative estimate of drug-likeness (QED) is 0.572. The zero-order chi connectivity index (χ0) is 18.7. The summed E-state index contributed by atoms with van der Waals surface area (Å²) in [6.07, 6.45) is 0. The van der Waals surface area contributed by atoms with Crippen molar-refractivity contribution < 1.29 is 18.7 Å². The molecular weight excluding hydrogens is 336 g/mol. The molecule has 1 aromatic heterocycles. The second-order valence-electron chi connectivity index (χ2n) is 5.52. The molecule has 0 aliphatic carbocycles. The van der Waals surface area contributed by atoms with Gasteiger partial charge in [0.1, 0.15) is 5.75 Å². The van der Waals surface area contributed by atoms with Crippen molar-refractivity contribution in [2.75, 3.05) is 6.54 Å². The molecule has 0 aliphatic rings. The van der Waals surface area contributed by atoms with Crippen molar-refractivity contribution in [1.82, 2.24) is 10.3 Å². The van der Waals surface area contributed by atoms with Gasteiger partial charge in [0.15, 0.2) is 0 Å². The van der Waals surface area contributed by atoms with Crippen molar-refractivity contribution in [3.05, 3.63) is 58.4 Å². The van der Waals surface area contributed by atoms with Gasteiger partial charge in [0.05, 0.1) is 10.9 Å². The summed E-state index contributed by atoms with van der Waals surface area (Å²) in [5.74, 6) is -0.298. The lowest BCUT2D eigenvalue weighted by Crippen LogP contribution is -2.22.